The molecule has 1 amide bonds. The van der Waals surface area contributed by atoms with E-state index in [1.807, 2.05) is 12.1 Å². The molecule has 0 saturated carbocycles. The van der Waals surface area contributed by atoms with Crippen molar-refractivity contribution in [1.82, 2.24) is 5.32 Å². The fourth-order valence-corrected chi connectivity index (χ4v) is 3.68. The molecule has 1 aliphatic heterocycles. The molecule has 1 saturated heterocycles. The smallest absolute Gasteiger partial charge is 0.256 e. The SMILES string of the molecule is O=C(NC[C@@H]1CCCO1)c1cc2cc(Br)ccc2oc1=Nc1cc(Cl)ccc1F. The molecule has 29 heavy (non-hydrogen) atoms. The summed E-state index contributed by atoms with van der Waals surface area (Å²) < 4.78 is 26.4. The third-order valence-electron chi connectivity index (χ3n) is 4.60. The van der Waals surface area contributed by atoms with Gasteiger partial charge in [-0.2, -0.15) is 0 Å². The lowest BCUT2D eigenvalue weighted by Crippen LogP contribution is -2.34. The fraction of sp³-hybridized carbons (Fsp3) is 0.238. The zero-order valence-corrected chi connectivity index (χ0v) is 17.6. The minimum atomic E-state index is -0.564. The number of halogens is 3. The van der Waals surface area contributed by atoms with E-state index in [-0.39, 0.29) is 28.8 Å². The number of ether oxygens (including phenoxy) is 1. The molecule has 4 rings (SSSR count). The third kappa shape index (κ3) is 4.69. The van der Waals surface area contributed by atoms with E-state index in [1.54, 1.807) is 12.1 Å². The molecular formula is C21H17BrClFN2O3. The van der Waals surface area contributed by atoms with Gasteiger partial charge in [0.15, 0.2) is 0 Å². The first-order valence-corrected chi connectivity index (χ1v) is 10.3. The van der Waals surface area contributed by atoms with Crippen molar-refractivity contribution in [3.8, 4) is 0 Å². The maximum absolute atomic E-state index is 14.2. The number of hydrogen-bond donors (Lipinski definition) is 1. The molecule has 1 N–H and O–H groups in total. The van der Waals surface area contributed by atoms with E-state index >= 15 is 0 Å². The quantitative estimate of drug-likeness (QED) is 0.564. The van der Waals surface area contributed by atoms with Crippen molar-refractivity contribution in [3.05, 3.63) is 68.9 Å². The Morgan fingerprint density at radius 2 is 2.14 bits per heavy atom. The second-order valence-corrected chi connectivity index (χ2v) is 8.05. The molecule has 1 aliphatic rings. The van der Waals surface area contributed by atoms with Crippen molar-refractivity contribution < 1.29 is 18.3 Å². The minimum Gasteiger partial charge on any atom is -0.438 e. The molecular weight excluding hydrogens is 463 g/mol. The Balaban J connectivity index is 1.79. The number of benzene rings is 2. The van der Waals surface area contributed by atoms with Gasteiger partial charge in [-0.25, -0.2) is 9.38 Å². The Labute approximate surface area is 179 Å². The Bertz CT molecular complexity index is 1140. The molecule has 2 aromatic carbocycles. The van der Waals surface area contributed by atoms with Crippen molar-refractivity contribution in [3.63, 3.8) is 0 Å². The Morgan fingerprint density at radius 3 is 2.93 bits per heavy atom. The zero-order valence-electron chi connectivity index (χ0n) is 15.3. The molecule has 8 heteroatoms. The summed E-state index contributed by atoms with van der Waals surface area (Å²) in [6.07, 6.45) is 1.88. The first kappa shape index (κ1) is 20.1. The second kappa shape index (κ2) is 8.65. The van der Waals surface area contributed by atoms with Crippen LogP contribution in [-0.2, 0) is 4.74 Å². The average molecular weight is 480 g/mol. The summed E-state index contributed by atoms with van der Waals surface area (Å²) in [6, 6.07) is 11.1. The summed E-state index contributed by atoms with van der Waals surface area (Å²) in [4.78, 5) is 17.1. The maximum Gasteiger partial charge on any atom is 0.256 e. The molecule has 1 aromatic heterocycles. The van der Waals surface area contributed by atoms with Crippen LogP contribution in [0.4, 0.5) is 10.1 Å². The fourth-order valence-electron chi connectivity index (χ4n) is 3.14. The summed E-state index contributed by atoms with van der Waals surface area (Å²) >= 11 is 9.38. The lowest BCUT2D eigenvalue weighted by molar-refractivity contribution is 0.0854. The van der Waals surface area contributed by atoms with Gasteiger partial charge in [0.25, 0.3) is 5.91 Å². The van der Waals surface area contributed by atoms with E-state index in [0.29, 0.717) is 29.1 Å². The minimum absolute atomic E-state index is 0.00347. The number of nitrogens with zero attached hydrogens (tertiary/aromatic N) is 1. The van der Waals surface area contributed by atoms with Crippen LogP contribution in [0.5, 0.6) is 0 Å². The summed E-state index contributed by atoms with van der Waals surface area (Å²) in [5, 5.41) is 3.90. The van der Waals surface area contributed by atoms with Gasteiger partial charge in [0, 0.05) is 28.0 Å². The van der Waals surface area contributed by atoms with Crippen LogP contribution in [0.15, 0.2) is 56.3 Å². The predicted octanol–water partition coefficient (Wildman–Crippen LogP) is 5.13. The van der Waals surface area contributed by atoms with Crippen molar-refractivity contribution in [2.24, 2.45) is 4.99 Å². The molecule has 0 aliphatic carbocycles. The Kier molecular flexibility index (Phi) is 5.99. The topological polar surface area (TPSA) is 63.8 Å². The van der Waals surface area contributed by atoms with E-state index in [0.717, 1.165) is 17.3 Å². The normalized spacial score (nSPS) is 17.1. The van der Waals surface area contributed by atoms with Gasteiger partial charge in [0.1, 0.15) is 22.7 Å². The maximum atomic E-state index is 14.2. The number of carbonyl (C=O) groups is 1. The number of amides is 1. The molecule has 1 fully saturated rings. The van der Waals surface area contributed by atoms with Crippen molar-refractivity contribution in [2.75, 3.05) is 13.2 Å². The van der Waals surface area contributed by atoms with Gasteiger partial charge < -0.3 is 14.5 Å². The third-order valence-corrected chi connectivity index (χ3v) is 5.33. The van der Waals surface area contributed by atoms with Crippen LogP contribution in [0.25, 0.3) is 11.0 Å². The molecule has 0 unspecified atom stereocenters. The van der Waals surface area contributed by atoms with Crippen molar-refractivity contribution in [1.29, 1.82) is 0 Å². The largest absolute Gasteiger partial charge is 0.438 e. The van der Waals surface area contributed by atoms with E-state index < -0.39 is 5.82 Å². The lowest BCUT2D eigenvalue weighted by atomic mass is 10.1. The molecule has 1 atom stereocenters. The van der Waals surface area contributed by atoms with Gasteiger partial charge in [-0.15, -0.1) is 0 Å². The second-order valence-electron chi connectivity index (χ2n) is 6.70. The summed E-state index contributed by atoms with van der Waals surface area (Å²) in [7, 11) is 0. The van der Waals surface area contributed by atoms with Crippen LogP contribution >= 0.6 is 27.5 Å². The van der Waals surface area contributed by atoms with Crippen LogP contribution in [0.2, 0.25) is 5.02 Å². The van der Waals surface area contributed by atoms with E-state index in [4.69, 9.17) is 20.8 Å². The number of nitrogens with one attached hydrogen (secondary N) is 1. The van der Waals surface area contributed by atoms with E-state index in [2.05, 4.69) is 26.2 Å². The summed E-state index contributed by atoms with van der Waals surface area (Å²) in [5.74, 6) is -0.932. The molecule has 0 bridgehead atoms. The molecule has 0 spiro atoms. The monoisotopic (exact) mass is 478 g/mol. The van der Waals surface area contributed by atoms with Crippen LogP contribution in [0, 0.1) is 5.82 Å². The molecule has 150 valence electrons. The number of fused-ring (bicyclic) bond motifs is 1. The van der Waals surface area contributed by atoms with Crippen LogP contribution in [0.3, 0.4) is 0 Å². The Morgan fingerprint density at radius 1 is 1.28 bits per heavy atom. The number of carbonyl (C=O) groups excluding carboxylic acids is 1. The predicted molar refractivity (Wildman–Crippen MR) is 112 cm³/mol. The van der Waals surface area contributed by atoms with E-state index in [1.165, 1.54) is 18.2 Å². The highest BCUT2D eigenvalue weighted by Crippen LogP contribution is 2.23. The first-order valence-electron chi connectivity index (χ1n) is 9.12. The molecule has 3 aromatic rings. The van der Waals surface area contributed by atoms with Gasteiger partial charge in [-0.1, -0.05) is 27.5 Å². The van der Waals surface area contributed by atoms with Crippen LogP contribution in [-0.4, -0.2) is 25.2 Å². The standard InChI is InChI=1S/C21H17BrClFN2O3/c22-13-3-6-19-12(8-13)9-16(20(27)25-11-15-2-1-7-28-15)21(29-19)26-18-10-14(23)4-5-17(18)24/h3-6,8-10,15H,1-2,7,11H2,(H,25,27)/t15-/m0/s1. The van der Waals surface area contributed by atoms with E-state index in [9.17, 15) is 9.18 Å². The molecule has 5 nitrogen and oxygen atoms in total. The van der Waals surface area contributed by atoms with Gasteiger partial charge in [-0.05, 0) is 55.3 Å². The van der Waals surface area contributed by atoms with Gasteiger partial charge in [0.05, 0.1) is 6.10 Å². The highest BCUT2D eigenvalue weighted by molar-refractivity contribution is 9.10. The van der Waals surface area contributed by atoms with Gasteiger partial charge in [0.2, 0.25) is 5.55 Å². The zero-order chi connectivity index (χ0) is 20.4. The highest BCUT2D eigenvalue weighted by atomic mass is 79.9. The first-order chi connectivity index (χ1) is 14.0. The summed E-state index contributed by atoms with van der Waals surface area (Å²) in [5.41, 5.74) is 0.717. The lowest BCUT2D eigenvalue weighted by Gasteiger charge is -2.11. The summed E-state index contributed by atoms with van der Waals surface area (Å²) in [6.45, 7) is 1.09. The van der Waals surface area contributed by atoms with Crippen molar-refractivity contribution in [2.45, 2.75) is 18.9 Å². The highest BCUT2D eigenvalue weighted by Gasteiger charge is 2.19. The Hall–Kier alpha value is -2.22. The number of rotatable bonds is 4. The van der Waals surface area contributed by atoms with Gasteiger partial charge in [-0.3, -0.25) is 4.79 Å². The van der Waals surface area contributed by atoms with Gasteiger partial charge >= 0.3 is 0 Å². The van der Waals surface area contributed by atoms with Crippen LogP contribution in [0.1, 0.15) is 23.2 Å². The average Bonchev–Trinajstić information content (AvgIpc) is 3.22. The number of hydrogen-bond acceptors (Lipinski definition) is 4. The molecule has 0 radical (unpaired) electrons. The van der Waals surface area contributed by atoms with Crippen LogP contribution < -0.4 is 10.9 Å². The molecule has 2 heterocycles. The van der Waals surface area contributed by atoms with Crippen molar-refractivity contribution >= 4 is 50.1 Å².